The molecule has 0 bridgehead atoms. The summed E-state index contributed by atoms with van der Waals surface area (Å²) >= 11 is 0. The molecule has 0 atom stereocenters. The molecule has 0 spiro atoms. The van der Waals surface area contributed by atoms with E-state index in [2.05, 4.69) is 14.7 Å². The van der Waals surface area contributed by atoms with Crippen LogP contribution in [0.15, 0.2) is 11.2 Å². The Bertz CT molecular complexity index is 590. The van der Waals surface area contributed by atoms with Crippen molar-refractivity contribution in [3.05, 3.63) is 12.0 Å². The minimum atomic E-state index is -3.67. The molecule has 0 aliphatic rings. The normalized spacial score (nSPS) is 12.8. The van der Waals surface area contributed by atoms with Gasteiger partial charge in [-0.25, -0.2) is 31.7 Å². The predicted octanol–water partition coefficient (Wildman–Crippen LogP) is -1.07. The summed E-state index contributed by atoms with van der Waals surface area (Å²) in [4.78, 5) is 6.53. The van der Waals surface area contributed by atoms with Crippen LogP contribution >= 0.6 is 0 Å². The highest BCUT2D eigenvalue weighted by atomic mass is 32.2. The lowest BCUT2D eigenvalue weighted by Gasteiger charge is -2.03. The fraction of sp³-hybridized carbons (Fsp3) is 0.625. The summed E-state index contributed by atoms with van der Waals surface area (Å²) in [5, 5.41) is 4.76. The lowest BCUT2D eigenvalue weighted by Crippen LogP contribution is -2.27. The first-order valence-electron chi connectivity index (χ1n) is 5.28. The second kappa shape index (κ2) is 5.78. The molecule has 1 aromatic heterocycles. The quantitative estimate of drug-likeness (QED) is 0.550. The maximum Gasteiger partial charge on any atom is 0.257 e. The Hall–Kier alpha value is -0.970. The number of hydrogen-bond donors (Lipinski definition) is 3. The zero-order valence-electron chi connectivity index (χ0n) is 9.88. The van der Waals surface area contributed by atoms with Crippen LogP contribution in [0, 0.1) is 0 Å². The number of primary sulfonamides is 1. The Morgan fingerprint density at radius 2 is 2.06 bits per heavy atom. The van der Waals surface area contributed by atoms with E-state index in [4.69, 9.17) is 5.14 Å². The topological polar surface area (TPSA) is 135 Å². The Labute approximate surface area is 106 Å². The number of sulfonamides is 2. The van der Waals surface area contributed by atoms with Gasteiger partial charge in [-0.3, -0.25) is 0 Å². The van der Waals surface area contributed by atoms with Gasteiger partial charge in [0, 0.05) is 13.0 Å². The smallest absolute Gasteiger partial charge is 0.257 e. The molecule has 4 N–H and O–H groups in total. The SMILES string of the molecule is CCc1ncc(S(=O)(=O)NCCCS(N)(=O)=O)[nH]1. The van der Waals surface area contributed by atoms with Crippen LogP contribution in [0.2, 0.25) is 0 Å². The first-order valence-corrected chi connectivity index (χ1v) is 8.48. The van der Waals surface area contributed by atoms with Crippen molar-refractivity contribution in [1.82, 2.24) is 14.7 Å². The molecular formula is C8H16N4O4S2. The van der Waals surface area contributed by atoms with Crippen LogP contribution in [0.3, 0.4) is 0 Å². The van der Waals surface area contributed by atoms with Crippen LogP contribution in [-0.4, -0.2) is 39.1 Å². The number of H-pyrrole nitrogens is 1. The largest absolute Gasteiger partial charge is 0.332 e. The third-order valence-electron chi connectivity index (χ3n) is 2.13. The van der Waals surface area contributed by atoms with Crippen molar-refractivity contribution in [2.45, 2.75) is 24.8 Å². The van der Waals surface area contributed by atoms with E-state index >= 15 is 0 Å². The van der Waals surface area contributed by atoms with Gasteiger partial charge in [0.1, 0.15) is 5.82 Å². The van der Waals surface area contributed by atoms with Crippen molar-refractivity contribution < 1.29 is 16.8 Å². The average Bonchev–Trinajstić information content (AvgIpc) is 2.72. The number of nitrogens with two attached hydrogens (primary N) is 1. The summed E-state index contributed by atoms with van der Waals surface area (Å²) in [5.74, 6) is 0.304. The lowest BCUT2D eigenvalue weighted by atomic mass is 10.5. The molecule has 1 heterocycles. The van der Waals surface area contributed by atoms with E-state index < -0.39 is 20.0 Å². The van der Waals surface area contributed by atoms with Crippen molar-refractivity contribution in [3.8, 4) is 0 Å². The molecule has 0 aliphatic carbocycles. The van der Waals surface area contributed by atoms with E-state index in [1.165, 1.54) is 6.20 Å². The van der Waals surface area contributed by atoms with E-state index in [9.17, 15) is 16.8 Å². The van der Waals surface area contributed by atoms with Gasteiger partial charge in [-0.2, -0.15) is 0 Å². The van der Waals surface area contributed by atoms with Crippen molar-refractivity contribution in [2.24, 2.45) is 5.14 Å². The highest BCUT2D eigenvalue weighted by molar-refractivity contribution is 7.89. The Morgan fingerprint density at radius 3 is 2.56 bits per heavy atom. The third kappa shape index (κ3) is 4.72. The van der Waals surface area contributed by atoms with E-state index in [1.807, 2.05) is 6.92 Å². The molecule has 10 heteroatoms. The number of aryl methyl sites for hydroxylation is 1. The minimum Gasteiger partial charge on any atom is -0.332 e. The van der Waals surface area contributed by atoms with Gasteiger partial charge in [0.15, 0.2) is 5.03 Å². The molecule has 0 saturated heterocycles. The Balaban J connectivity index is 2.55. The molecule has 0 amide bonds. The van der Waals surface area contributed by atoms with Gasteiger partial charge in [-0.1, -0.05) is 6.92 Å². The van der Waals surface area contributed by atoms with E-state index in [1.54, 1.807) is 0 Å². The number of aromatic nitrogens is 2. The number of nitrogens with zero attached hydrogens (tertiary/aromatic N) is 1. The van der Waals surface area contributed by atoms with Crippen molar-refractivity contribution in [3.63, 3.8) is 0 Å². The third-order valence-corrected chi connectivity index (χ3v) is 4.36. The van der Waals surface area contributed by atoms with Gasteiger partial charge in [-0.15, -0.1) is 0 Å². The molecule has 0 aromatic carbocycles. The van der Waals surface area contributed by atoms with Crippen LogP contribution < -0.4 is 9.86 Å². The summed E-state index contributed by atoms with van der Waals surface area (Å²) in [5.41, 5.74) is 0. The van der Waals surface area contributed by atoms with Gasteiger partial charge in [0.2, 0.25) is 10.0 Å². The van der Waals surface area contributed by atoms with Gasteiger partial charge < -0.3 is 4.98 Å². The van der Waals surface area contributed by atoms with Crippen LogP contribution in [0.5, 0.6) is 0 Å². The molecule has 18 heavy (non-hydrogen) atoms. The van der Waals surface area contributed by atoms with Crippen molar-refractivity contribution >= 4 is 20.0 Å². The van der Waals surface area contributed by atoms with Crippen molar-refractivity contribution in [1.29, 1.82) is 0 Å². The predicted molar refractivity (Wildman–Crippen MR) is 65.7 cm³/mol. The van der Waals surface area contributed by atoms with Crippen LogP contribution in [0.25, 0.3) is 0 Å². The monoisotopic (exact) mass is 296 g/mol. The number of nitrogens with one attached hydrogen (secondary N) is 2. The summed E-state index contributed by atoms with van der Waals surface area (Å²) in [7, 11) is -7.23. The van der Waals surface area contributed by atoms with Gasteiger partial charge in [-0.05, 0) is 6.42 Å². The van der Waals surface area contributed by atoms with Crippen LogP contribution in [0.1, 0.15) is 19.2 Å². The lowest BCUT2D eigenvalue weighted by molar-refractivity contribution is 0.573. The Kier molecular flexibility index (Phi) is 4.85. The molecular weight excluding hydrogens is 280 g/mol. The van der Waals surface area contributed by atoms with Crippen LogP contribution in [-0.2, 0) is 26.5 Å². The summed E-state index contributed by atoms with van der Waals surface area (Å²) < 4.78 is 47.0. The fourth-order valence-corrected chi connectivity index (χ4v) is 2.78. The second-order valence-electron chi connectivity index (χ2n) is 3.67. The number of rotatable bonds is 7. The number of hydrogen-bond acceptors (Lipinski definition) is 5. The van der Waals surface area contributed by atoms with E-state index in [0.717, 1.165) is 0 Å². The second-order valence-corrected chi connectivity index (χ2v) is 7.14. The first kappa shape index (κ1) is 15.1. The summed E-state index contributed by atoms with van der Waals surface area (Å²) in [6.45, 7) is 1.84. The molecule has 1 aromatic rings. The molecule has 0 saturated carbocycles. The molecule has 104 valence electrons. The minimum absolute atomic E-state index is 0.000752. The fourth-order valence-electron chi connectivity index (χ4n) is 1.22. The molecule has 0 radical (unpaired) electrons. The van der Waals surface area contributed by atoms with Gasteiger partial charge in [0.05, 0.1) is 11.9 Å². The summed E-state index contributed by atoms with van der Waals surface area (Å²) in [6.07, 6.45) is 1.94. The van der Waals surface area contributed by atoms with Crippen molar-refractivity contribution in [2.75, 3.05) is 12.3 Å². The molecule has 0 fully saturated rings. The Morgan fingerprint density at radius 1 is 1.39 bits per heavy atom. The molecule has 0 aliphatic heterocycles. The maximum absolute atomic E-state index is 11.7. The van der Waals surface area contributed by atoms with Crippen LogP contribution in [0.4, 0.5) is 0 Å². The standard InChI is InChI=1S/C8H16N4O4S2/c1-2-7-10-6-8(12-7)18(15,16)11-4-3-5-17(9,13)14/h6,11H,2-5H2,1H3,(H,10,12)(H2,9,13,14). The highest BCUT2D eigenvalue weighted by Crippen LogP contribution is 2.05. The number of imidazole rings is 1. The molecule has 1 rings (SSSR count). The average molecular weight is 296 g/mol. The maximum atomic E-state index is 11.7. The van der Waals surface area contributed by atoms with E-state index in [-0.39, 0.29) is 23.7 Å². The van der Waals surface area contributed by atoms with E-state index in [0.29, 0.717) is 12.2 Å². The summed E-state index contributed by atoms with van der Waals surface area (Å²) in [6, 6.07) is 0. The van der Waals surface area contributed by atoms with Gasteiger partial charge >= 0.3 is 0 Å². The highest BCUT2D eigenvalue weighted by Gasteiger charge is 2.16. The first-order chi connectivity index (χ1) is 8.24. The zero-order chi connectivity index (χ0) is 13.8. The van der Waals surface area contributed by atoms with Gasteiger partial charge in [0.25, 0.3) is 10.0 Å². The molecule has 8 nitrogen and oxygen atoms in total. The zero-order valence-corrected chi connectivity index (χ0v) is 11.5. The molecule has 0 unspecified atom stereocenters. The number of aromatic amines is 1.